The lowest BCUT2D eigenvalue weighted by Gasteiger charge is -2.12. The molecule has 1 aliphatic rings. The minimum atomic E-state index is -0.265. The Hall–Kier alpha value is -2.36. The summed E-state index contributed by atoms with van der Waals surface area (Å²) in [5.41, 5.74) is 3.75. The minimum Gasteiger partial charge on any atom is -0.357 e. The number of aromatic nitrogens is 1. The van der Waals surface area contributed by atoms with Crippen molar-refractivity contribution < 1.29 is 9.18 Å². The molecule has 0 unspecified atom stereocenters. The number of benzene rings is 1. The second kappa shape index (κ2) is 7.27. The van der Waals surface area contributed by atoms with Gasteiger partial charge in [0.25, 0.3) is 5.91 Å². The van der Waals surface area contributed by atoms with Gasteiger partial charge >= 0.3 is 0 Å². The van der Waals surface area contributed by atoms with Crippen molar-refractivity contribution in [2.75, 3.05) is 6.54 Å². The summed E-state index contributed by atoms with van der Waals surface area (Å²) in [4.78, 5) is 15.1. The van der Waals surface area contributed by atoms with Gasteiger partial charge in [-0.2, -0.15) is 0 Å². The zero-order valence-corrected chi connectivity index (χ0v) is 13.1. The van der Waals surface area contributed by atoms with Crippen LogP contribution in [0.5, 0.6) is 0 Å². The highest BCUT2D eigenvalue weighted by atomic mass is 19.1. The van der Waals surface area contributed by atoms with Gasteiger partial charge in [-0.05, 0) is 61.4 Å². The lowest BCUT2D eigenvalue weighted by Crippen LogP contribution is -2.25. The van der Waals surface area contributed by atoms with Crippen LogP contribution in [0, 0.1) is 5.82 Å². The molecule has 4 heteroatoms. The van der Waals surface area contributed by atoms with Crippen LogP contribution in [0.25, 0.3) is 11.1 Å². The molecule has 1 heterocycles. The van der Waals surface area contributed by atoms with Crippen LogP contribution in [-0.4, -0.2) is 17.4 Å². The quantitative estimate of drug-likeness (QED) is 0.788. The third-order valence-electron chi connectivity index (χ3n) is 4.22. The fourth-order valence-electron chi connectivity index (χ4n) is 2.90. The van der Waals surface area contributed by atoms with Gasteiger partial charge in [0.05, 0.1) is 0 Å². The van der Waals surface area contributed by atoms with Crippen LogP contribution < -0.4 is 5.32 Å². The van der Waals surface area contributed by atoms with E-state index in [1.54, 1.807) is 24.4 Å². The van der Waals surface area contributed by atoms with E-state index in [9.17, 15) is 9.18 Å². The van der Waals surface area contributed by atoms with E-state index in [4.69, 9.17) is 0 Å². The molecule has 1 amide bonds. The zero-order chi connectivity index (χ0) is 16.1. The Balaban J connectivity index is 1.55. The molecule has 0 aliphatic heterocycles. The van der Waals surface area contributed by atoms with E-state index in [0.717, 1.165) is 24.0 Å². The molecule has 0 spiro atoms. The first-order valence-electron chi connectivity index (χ1n) is 8.13. The number of nitrogens with one attached hydrogen (secondary N) is 2. The fraction of sp³-hybridized carbons (Fsp3) is 0.316. The highest BCUT2D eigenvalue weighted by Gasteiger charge is 2.10. The molecule has 0 radical (unpaired) electrons. The Bertz CT molecular complexity index is 700. The monoisotopic (exact) mass is 312 g/mol. The first-order valence-corrected chi connectivity index (χ1v) is 8.13. The van der Waals surface area contributed by atoms with E-state index < -0.39 is 0 Å². The van der Waals surface area contributed by atoms with Crippen LogP contribution in [0.3, 0.4) is 0 Å². The lowest BCUT2D eigenvalue weighted by molar-refractivity contribution is 0.0949. The summed E-state index contributed by atoms with van der Waals surface area (Å²) in [7, 11) is 0. The minimum absolute atomic E-state index is 0.102. The molecule has 1 aliphatic carbocycles. The summed E-state index contributed by atoms with van der Waals surface area (Å²) in [6.07, 6.45) is 9.87. The Morgan fingerprint density at radius 2 is 2.00 bits per heavy atom. The van der Waals surface area contributed by atoms with Crippen LogP contribution in [0.15, 0.2) is 48.2 Å². The lowest BCUT2D eigenvalue weighted by atomic mass is 9.97. The number of hydrogen-bond donors (Lipinski definition) is 2. The standard InChI is InChI=1S/C19H21FN2O/c20-17-8-6-15(7-9-17)16-12-18(22-13-16)19(23)21-11-10-14-4-2-1-3-5-14/h4,6-9,12-13,22H,1-3,5,10-11H2,(H,21,23). The van der Waals surface area contributed by atoms with Crippen LogP contribution in [0.1, 0.15) is 42.6 Å². The average Bonchev–Trinajstić information content (AvgIpc) is 3.06. The van der Waals surface area contributed by atoms with Crippen molar-refractivity contribution in [2.24, 2.45) is 0 Å². The number of carbonyl (C=O) groups excluding carboxylic acids is 1. The van der Waals surface area contributed by atoms with E-state index in [2.05, 4.69) is 16.4 Å². The molecular formula is C19H21FN2O. The topological polar surface area (TPSA) is 44.9 Å². The maximum absolute atomic E-state index is 13.0. The number of H-pyrrole nitrogens is 1. The molecule has 1 aromatic heterocycles. The summed E-state index contributed by atoms with van der Waals surface area (Å²) < 4.78 is 13.0. The number of allylic oxidation sites excluding steroid dienone is 1. The van der Waals surface area contributed by atoms with Crippen molar-refractivity contribution in [1.82, 2.24) is 10.3 Å². The van der Waals surface area contributed by atoms with E-state index in [1.807, 2.05) is 0 Å². The molecule has 0 atom stereocenters. The van der Waals surface area contributed by atoms with Gasteiger partial charge in [-0.1, -0.05) is 23.8 Å². The third kappa shape index (κ3) is 4.09. The van der Waals surface area contributed by atoms with Crippen LogP contribution >= 0.6 is 0 Å². The molecule has 0 saturated carbocycles. The summed E-state index contributed by atoms with van der Waals surface area (Å²) >= 11 is 0. The Labute approximate surface area is 135 Å². The van der Waals surface area contributed by atoms with Crippen LogP contribution in [-0.2, 0) is 0 Å². The largest absolute Gasteiger partial charge is 0.357 e. The average molecular weight is 312 g/mol. The van der Waals surface area contributed by atoms with E-state index >= 15 is 0 Å². The van der Waals surface area contributed by atoms with Gasteiger partial charge in [-0.15, -0.1) is 0 Å². The summed E-state index contributed by atoms with van der Waals surface area (Å²) in [6.45, 7) is 0.662. The van der Waals surface area contributed by atoms with Gasteiger partial charge in [-0.25, -0.2) is 4.39 Å². The number of rotatable bonds is 5. The van der Waals surface area contributed by atoms with Crippen molar-refractivity contribution in [1.29, 1.82) is 0 Å². The SMILES string of the molecule is O=C(NCCC1=CCCCC1)c1cc(-c2ccc(F)cc2)c[nH]1. The summed E-state index contributed by atoms with van der Waals surface area (Å²) in [6, 6.07) is 8.04. The molecule has 120 valence electrons. The Morgan fingerprint density at radius 3 is 2.74 bits per heavy atom. The smallest absolute Gasteiger partial charge is 0.267 e. The molecule has 23 heavy (non-hydrogen) atoms. The van der Waals surface area contributed by atoms with Crippen molar-refractivity contribution in [2.45, 2.75) is 32.1 Å². The van der Waals surface area contributed by atoms with Gasteiger partial charge < -0.3 is 10.3 Å². The third-order valence-corrected chi connectivity index (χ3v) is 4.22. The second-order valence-electron chi connectivity index (χ2n) is 5.92. The van der Waals surface area contributed by atoms with E-state index in [0.29, 0.717) is 12.2 Å². The molecule has 0 bridgehead atoms. The molecule has 3 nitrogen and oxygen atoms in total. The molecule has 2 N–H and O–H groups in total. The highest BCUT2D eigenvalue weighted by molar-refractivity contribution is 5.93. The highest BCUT2D eigenvalue weighted by Crippen LogP contribution is 2.21. The van der Waals surface area contributed by atoms with Crippen molar-refractivity contribution in [3.63, 3.8) is 0 Å². The number of hydrogen-bond acceptors (Lipinski definition) is 1. The zero-order valence-electron chi connectivity index (χ0n) is 13.1. The summed E-state index contributed by atoms with van der Waals surface area (Å²) in [5.74, 6) is -0.367. The Morgan fingerprint density at radius 1 is 1.17 bits per heavy atom. The number of aromatic amines is 1. The first kappa shape index (κ1) is 15.5. The van der Waals surface area contributed by atoms with E-state index in [-0.39, 0.29) is 11.7 Å². The normalized spacial score (nSPS) is 14.4. The van der Waals surface area contributed by atoms with Gasteiger partial charge in [0.15, 0.2) is 0 Å². The van der Waals surface area contributed by atoms with Crippen LogP contribution in [0.4, 0.5) is 4.39 Å². The van der Waals surface area contributed by atoms with Crippen LogP contribution in [0.2, 0.25) is 0 Å². The predicted octanol–water partition coefficient (Wildman–Crippen LogP) is 4.44. The maximum Gasteiger partial charge on any atom is 0.267 e. The first-order chi connectivity index (χ1) is 11.2. The van der Waals surface area contributed by atoms with Crippen molar-refractivity contribution in [3.8, 4) is 11.1 Å². The van der Waals surface area contributed by atoms with Crippen molar-refractivity contribution in [3.05, 3.63) is 59.7 Å². The van der Waals surface area contributed by atoms with Gasteiger partial charge in [-0.3, -0.25) is 4.79 Å². The van der Waals surface area contributed by atoms with E-state index in [1.165, 1.54) is 37.0 Å². The number of carbonyl (C=O) groups is 1. The summed E-state index contributed by atoms with van der Waals surface area (Å²) in [5, 5.41) is 2.95. The number of amides is 1. The fourth-order valence-corrected chi connectivity index (χ4v) is 2.90. The maximum atomic E-state index is 13.0. The molecule has 1 aromatic carbocycles. The molecular weight excluding hydrogens is 291 g/mol. The number of halogens is 1. The van der Waals surface area contributed by atoms with Crippen molar-refractivity contribution >= 4 is 5.91 Å². The van der Waals surface area contributed by atoms with Gasteiger partial charge in [0.1, 0.15) is 11.5 Å². The predicted molar refractivity (Wildman–Crippen MR) is 89.7 cm³/mol. The molecule has 3 rings (SSSR count). The second-order valence-corrected chi connectivity index (χ2v) is 5.92. The molecule has 0 saturated heterocycles. The molecule has 0 fully saturated rings. The van der Waals surface area contributed by atoms with Gasteiger partial charge in [0.2, 0.25) is 0 Å². The van der Waals surface area contributed by atoms with Gasteiger partial charge in [0, 0.05) is 12.7 Å². The molecule has 2 aromatic rings. The Kier molecular flexibility index (Phi) is 4.91.